The van der Waals surface area contributed by atoms with Crippen molar-refractivity contribution in [3.8, 4) is 0 Å². The standard InChI is InChI=1S/C16H28O.C15H26O2/c1-15-12-10-8-6-4-2-3-5-7-9-11-13-16(17)14-15;16-15-13-11-9-7-5-3-1-2-4-6-8-10-12-14-17-15/h8,10,15H,2-7,9,11-14H2,1H3;6,8H,1-5,7,9-14H2. The summed E-state index contributed by atoms with van der Waals surface area (Å²) in [5, 5.41) is 0. The average molecular weight is 475 g/mol. The number of hydrogen-bond donors (Lipinski definition) is 0. The average Bonchev–Trinajstić information content (AvgIpc) is 2.82. The summed E-state index contributed by atoms with van der Waals surface area (Å²) in [6.07, 6.45) is 34.7. The molecule has 0 amide bonds. The highest BCUT2D eigenvalue weighted by Gasteiger charge is 2.08. The lowest BCUT2D eigenvalue weighted by Gasteiger charge is -2.07. The van der Waals surface area contributed by atoms with Gasteiger partial charge in [0.15, 0.2) is 0 Å². The molecule has 2 aliphatic rings. The van der Waals surface area contributed by atoms with Crippen molar-refractivity contribution in [3.05, 3.63) is 24.3 Å². The SMILES string of the molecule is CC1CC=CCCCCCCCCCC(=O)C1.O=C1CCCCCCCCCC=CCCCO1. The molecule has 196 valence electrons. The molecule has 34 heavy (non-hydrogen) atoms. The summed E-state index contributed by atoms with van der Waals surface area (Å²) in [6.45, 7) is 2.78. The Morgan fingerprint density at radius 2 is 1.06 bits per heavy atom. The predicted molar refractivity (Wildman–Crippen MR) is 145 cm³/mol. The van der Waals surface area contributed by atoms with Crippen molar-refractivity contribution < 1.29 is 14.3 Å². The van der Waals surface area contributed by atoms with Gasteiger partial charge in [-0.25, -0.2) is 0 Å². The molecule has 1 heterocycles. The summed E-state index contributed by atoms with van der Waals surface area (Å²) < 4.78 is 5.17. The summed E-state index contributed by atoms with van der Waals surface area (Å²) in [5.74, 6) is 0.991. The minimum absolute atomic E-state index is 0.0129. The number of carbonyl (C=O) groups excluding carboxylic acids is 2. The van der Waals surface area contributed by atoms with E-state index in [0.717, 1.165) is 44.9 Å². The van der Waals surface area contributed by atoms with Crippen molar-refractivity contribution in [2.75, 3.05) is 6.61 Å². The van der Waals surface area contributed by atoms with E-state index in [0.29, 0.717) is 24.7 Å². The van der Waals surface area contributed by atoms with E-state index in [1.54, 1.807) is 0 Å². The van der Waals surface area contributed by atoms with E-state index in [4.69, 9.17) is 4.74 Å². The monoisotopic (exact) mass is 474 g/mol. The Morgan fingerprint density at radius 3 is 1.68 bits per heavy atom. The molecular formula is C31H54O3. The van der Waals surface area contributed by atoms with Crippen LogP contribution >= 0.6 is 0 Å². The van der Waals surface area contributed by atoms with Gasteiger partial charge in [0.2, 0.25) is 0 Å². The van der Waals surface area contributed by atoms with Gasteiger partial charge in [-0.2, -0.15) is 0 Å². The fourth-order valence-electron chi connectivity index (χ4n) is 4.60. The molecule has 1 unspecified atom stereocenters. The van der Waals surface area contributed by atoms with Crippen molar-refractivity contribution in [1.82, 2.24) is 0 Å². The molecule has 0 aromatic heterocycles. The smallest absolute Gasteiger partial charge is 0.305 e. The zero-order chi connectivity index (χ0) is 24.5. The van der Waals surface area contributed by atoms with Gasteiger partial charge >= 0.3 is 5.97 Å². The van der Waals surface area contributed by atoms with Gasteiger partial charge in [-0.05, 0) is 63.7 Å². The second kappa shape index (κ2) is 23.4. The first-order valence-electron chi connectivity index (χ1n) is 14.7. The van der Waals surface area contributed by atoms with E-state index < -0.39 is 0 Å². The topological polar surface area (TPSA) is 43.4 Å². The summed E-state index contributed by atoms with van der Waals surface area (Å²) >= 11 is 0. The molecule has 3 nitrogen and oxygen atoms in total. The predicted octanol–water partition coefficient (Wildman–Crippen LogP) is 9.44. The summed E-state index contributed by atoms with van der Waals surface area (Å²) in [5.41, 5.74) is 0. The van der Waals surface area contributed by atoms with Gasteiger partial charge in [0.05, 0.1) is 6.61 Å². The van der Waals surface area contributed by atoms with Crippen molar-refractivity contribution in [1.29, 1.82) is 0 Å². The van der Waals surface area contributed by atoms with Crippen LogP contribution in [0.3, 0.4) is 0 Å². The Kier molecular flexibility index (Phi) is 21.1. The van der Waals surface area contributed by atoms with E-state index in [9.17, 15) is 9.59 Å². The van der Waals surface area contributed by atoms with Crippen molar-refractivity contribution >= 4 is 11.8 Å². The number of cyclic esters (lactones) is 1. The lowest BCUT2D eigenvalue weighted by Crippen LogP contribution is -2.05. The van der Waals surface area contributed by atoms with Gasteiger partial charge in [0, 0.05) is 19.3 Å². The maximum atomic E-state index is 11.7. The molecule has 0 N–H and O–H groups in total. The number of Topliss-reactive ketones (excluding diaryl/α,β-unsaturated/α-hetero) is 1. The molecule has 0 aromatic carbocycles. The Hall–Kier alpha value is -1.38. The Labute approximate surface area is 211 Å². The number of carbonyl (C=O) groups is 2. The van der Waals surface area contributed by atoms with Crippen molar-refractivity contribution in [2.45, 2.75) is 148 Å². The Morgan fingerprint density at radius 1 is 0.588 bits per heavy atom. The van der Waals surface area contributed by atoms with E-state index in [1.165, 1.54) is 89.9 Å². The molecule has 1 aliphatic heterocycles. The molecule has 0 aromatic rings. The lowest BCUT2D eigenvalue weighted by molar-refractivity contribution is -0.143. The molecule has 0 fully saturated rings. The van der Waals surface area contributed by atoms with Gasteiger partial charge in [0.1, 0.15) is 5.78 Å². The number of esters is 1. The van der Waals surface area contributed by atoms with E-state index in [2.05, 4.69) is 31.2 Å². The third-order valence-electron chi connectivity index (χ3n) is 6.80. The van der Waals surface area contributed by atoms with Crippen LogP contribution in [-0.2, 0) is 14.3 Å². The minimum Gasteiger partial charge on any atom is -0.466 e. The first-order valence-corrected chi connectivity index (χ1v) is 14.7. The highest BCUT2D eigenvalue weighted by Crippen LogP contribution is 2.16. The molecule has 3 heteroatoms. The molecule has 0 spiro atoms. The summed E-state index contributed by atoms with van der Waals surface area (Å²) in [4.78, 5) is 23.0. The van der Waals surface area contributed by atoms with Crippen molar-refractivity contribution in [2.24, 2.45) is 5.92 Å². The number of hydrogen-bond acceptors (Lipinski definition) is 3. The minimum atomic E-state index is -0.0129. The molecule has 2 rings (SSSR count). The van der Waals surface area contributed by atoms with E-state index in [1.807, 2.05) is 0 Å². The third-order valence-corrected chi connectivity index (χ3v) is 6.80. The van der Waals surface area contributed by atoms with Crippen LogP contribution in [0.2, 0.25) is 0 Å². The maximum absolute atomic E-state index is 11.7. The first-order chi connectivity index (χ1) is 16.7. The first kappa shape index (κ1) is 30.7. The molecule has 0 bridgehead atoms. The highest BCUT2D eigenvalue weighted by molar-refractivity contribution is 5.78. The van der Waals surface area contributed by atoms with Crippen LogP contribution in [-0.4, -0.2) is 18.4 Å². The molecule has 1 aliphatic carbocycles. The maximum Gasteiger partial charge on any atom is 0.305 e. The quantitative estimate of drug-likeness (QED) is 0.259. The van der Waals surface area contributed by atoms with Crippen LogP contribution in [0, 0.1) is 5.92 Å². The second-order valence-corrected chi connectivity index (χ2v) is 10.4. The number of rotatable bonds is 0. The van der Waals surface area contributed by atoms with Gasteiger partial charge in [-0.3, -0.25) is 9.59 Å². The number of ether oxygens (including phenoxy) is 1. The summed E-state index contributed by atoms with van der Waals surface area (Å²) in [7, 11) is 0. The largest absolute Gasteiger partial charge is 0.466 e. The zero-order valence-electron chi connectivity index (χ0n) is 22.4. The van der Waals surface area contributed by atoms with Crippen LogP contribution in [0.4, 0.5) is 0 Å². The van der Waals surface area contributed by atoms with Gasteiger partial charge in [-0.15, -0.1) is 0 Å². The fraction of sp³-hybridized carbons (Fsp3) is 0.806. The van der Waals surface area contributed by atoms with Crippen LogP contribution < -0.4 is 0 Å². The van der Waals surface area contributed by atoms with Crippen molar-refractivity contribution in [3.63, 3.8) is 0 Å². The third kappa shape index (κ3) is 21.2. The molecular weight excluding hydrogens is 420 g/mol. The van der Waals surface area contributed by atoms with Crippen LogP contribution in [0.15, 0.2) is 24.3 Å². The van der Waals surface area contributed by atoms with E-state index in [-0.39, 0.29) is 5.97 Å². The normalized spacial score (nSPS) is 24.1. The summed E-state index contributed by atoms with van der Waals surface area (Å²) in [6, 6.07) is 0. The number of ketones is 1. The van der Waals surface area contributed by atoms with Crippen LogP contribution in [0.5, 0.6) is 0 Å². The van der Waals surface area contributed by atoms with Crippen LogP contribution in [0.25, 0.3) is 0 Å². The Balaban J connectivity index is 0.000000340. The van der Waals surface area contributed by atoms with Gasteiger partial charge < -0.3 is 4.74 Å². The highest BCUT2D eigenvalue weighted by atomic mass is 16.5. The van der Waals surface area contributed by atoms with E-state index >= 15 is 0 Å². The zero-order valence-corrected chi connectivity index (χ0v) is 22.4. The van der Waals surface area contributed by atoms with Gasteiger partial charge in [0.25, 0.3) is 0 Å². The lowest BCUT2D eigenvalue weighted by atomic mass is 9.97. The second-order valence-electron chi connectivity index (χ2n) is 10.4. The Bertz CT molecular complexity index is 549. The number of allylic oxidation sites excluding steroid dienone is 4. The van der Waals surface area contributed by atoms with Gasteiger partial charge in [-0.1, -0.05) is 95.4 Å². The molecule has 0 saturated carbocycles. The molecule has 1 atom stereocenters. The fourth-order valence-corrected chi connectivity index (χ4v) is 4.60. The molecule has 0 radical (unpaired) electrons. The van der Waals surface area contributed by atoms with Crippen LogP contribution in [0.1, 0.15) is 148 Å². The molecule has 0 saturated heterocycles.